The van der Waals surface area contributed by atoms with Gasteiger partial charge >= 0.3 is 0 Å². The molecule has 136 valence electrons. The number of amides is 2. The second kappa shape index (κ2) is 7.15. The number of halogens is 4. The van der Waals surface area contributed by atoms with Crippen molar-refractivity contribution in [3.63, 3.8) is 0 Å². The van der Waals surface area contributed by atoms with Crippen molar-refractivity contribution in [3.8, 4) is 0 Å². The fourth-order valence-electron chi connectivity index (χ4n) is 2.91. The normalized spacial score (nSPS) is 16.6. The molecule has 1 heterocycles. The van der Waals surface area contributed by atoms with E-state index >= 15 is 0 Å². The van der Waals surface area contributed by atoms with E-state index in [0.717, 1.165) is 12.1 Å². The molecule has 0 aliphatic carbocycles. The fraction of sp³-hybridized carbons (Fsp3) is 0.222. The third-order valence-electron chi connectivity index (χ3n) is 4.18. The van der Waals surface area contributed by atoms with Gasteiger partial charge in [0.1, 0.15) is 11.9 Å². The van der Waals surface area contributed by atoms with E-state index in [0.29, 0.717) is 18.9 Å². The van der Waals surface area contributed by atoms with Gasteiger partial charge in [0.2, 0.25) is 5.91 Å². The van der Waals surface area contributed by atoms with Crippen LogP contribution < -0.4 is 5.32 Å². The van der Waals surface area contributed by atoms with Crippen LogP contribution in [0.25, 0.3) is 0 Å². The summed E-state index contributed by atoms with van der Waals surface area (Å²) in [5.74, 6) is -6.42. The summed E-state index contributed by atoms with van der Waals surface area (Å²) in [5.41, 5.74) is -0.428. The van der Waals surface area contributed by atoms with Crippen LogP contribution in [0.3, 0.4) is 0 Å². The molecule has 26 heavy (non-hydrogen) atoms. The van der Waals surface area contributed by atoms with Gasteiger partial charge < -0.3 is 10.2 Å². The number of nitrogens with one attached hydrogen (secondary N) is 1. The number of rotatable bonds is 3. The van der Waals surface area contributed by atoms with Crippen LogP contribution in [0, 0.1) is 23.3 Å². The maximum atomic E-state index is 13.7. The summed E-state index contributed by atoms with van der Waals surface area (Å²) >= 11 is 0. The van der Waals surface area contributed by atoms with Crippen molar-refractivity contribution < 1.29 is 27.2 Å². The summed E-state index contributed by atoms with van der Waals surface area (Å²) in [7, 11) is 0. The molecule has 2 aromatic rings. The van der Waals surface area contributed by atoms with Gasteiger partial charge in [0.15, 0.2) is 17.5 Å². The highest BCUT2D eigenvalue weighted by Gasteiger charge is 2.35. The topological polar surface area (TPSA) is 49.4 Å². The van der Waals surface area contributed by atoms with Gasteiger partial charge in [0, 0.05) is 12.1 Å². The molecule has 3 rings (SSSR count). The Morgan fingerprint density at radius 3 is 2.54 bits per heavy atom. The zero-order valence-electron chi connectivity index (χ0n) is 13.4. The first kappa shape index (κ1) is 17.9. The van der Waals surface area contributed by atoms with Crippen LogP contribution in [0.5, 0.6) is 0 Å². The van der Waals surface area contributed by atoms with Crippen LogP contribution in [-0.4, -0.2) is 29.3 Å². The molecular formula is C18H14F4N2O2. The lowest BCUT2D eigenvalue weighted by atomic mass is 10.1. The molecule has 0 saturated carbocycles. The Balaban J connectivity index is 1.79. The molecule has 8 heteroatoms. The number of benzene rings is 2. The Labute approximate surface area is 146 Å². The van der Waals surface area contributed by atoms with E-state index in [4.69, 9.17) is 0 Å². The summed E-state index contributed by atoms with van der Waals surface area (Å²) in [6.45, 7) is 0.272. The summed E-state index contributed by atoms with van der Waals surface area (Å²) in [4.78, 5) is 26.2. The molecule has 0 unspecified atom stereocenters. The Bertz CT molecular complexity index is 872. The fourth-order valence-corrected chi connectivity index (χ4v) is 2.91. The molecule has 1 fully saturated rings. The van der Waals surface area contributed by atoms with Crippen molar-refractivity contribution in [1.29, 1.82) is 0 Å². The lowest BCUT2D eigenvalue weighted by Crippen LogP contribution is -2.43. The Morgan fingerprint density at radius 1 is 1.04 bits per heavy atom. The standard InChI is InChI=1S/C18H14F4N2O2/c19-11-4-1-3-10(9-11)18(26)24-8-2-5-14(24)17(25)23-13-7-6-12(20)15(21)16(13)22/h1,3-4,6-7,9,14H,2,5,8H2,(H,23,25)/t14-/m1/s1. The van der Waals surface area contributed by atoms with Crippen LogP contribution in [0.4, 0.5) is 23.2 Å². The van der Waals surface area contributed by atoms with Crippen LogP contribution in [0.15, 0.2) is 36.4 Å². The number of hydrogen-bond acceptors (Lipinski definition) is 2. The van der Waals surface area contributed by atoms with Crippen molar-refractivity contribution >= 4 is 17.5 Å². The largest absolute Gasteiger partial charge is 0.327 e. The third-order valence-corrected chi connectivity index (χ3v) is 4.18. The SMILES string of the molecule is O=C(Nc1ccc(F)c(F)c1F)[C@H]1CCCN1C(=O)c1cccc(F)c1. The molecule has 2 amide bonds. The Hall–Kier alpha value is -2.90. The van der Waals surface area contributed by atoms with E-state index < -0.39 is 46.8 Å². The first-order valence-electron chi connectivity index (χ1n) is 7.89. The van der Waals surface area contributed by atoms with Gasteiger partial charge in [0.25, 0.3) is 5.91 Å². The van der Waals surface area contributed by atoms with E-state index in [1.54, 1.807) is 0 Å². The summed E-state index contributed by atoms with van der Waals surface area (Å²) in [6, 6.07) is 5.73. The first-order chi connectivity index (χ1) is 12.4. The van der Waals surface area contributed by atoms with Gasteiger partial charge in [-0.15, -0.1) is 0 Å². The second-order valence-electron chi connectivity index (χ2n) is 5.88. The number of nitrogens with zero attached hydrogens (tertiary/aromatic N) is 1. The Morgan fingerprint density at radius 2 is 1.81 bits per heavy atom. The predicted octanol–water partition coefficient (Wildman–Crippen LogP) is 3.49. The van der Waals surface area contributed by atoms with Gasteiger partial charge in [-0.1, -0.05) is 6.07 Å². The minimum Gasteiger partial charge on any atom is -0.327 e. The van der Waals surface area contributed by atoms with Gasteiger partial charge in [0.05, 0.1) is 5.69 Å². The van der Waals surface area contributed by atoms with Crippen molar-refractivity contribution in [2.75, 3.05) is 11.9 Å². The number of likely N-dealkylation sites (tertiary alicyclic amines) is 1. The van der Waals surface area contributed by atoms with E-state index in [2.05, 4.69) is 5.32 Å². The van der Waals surface area contributed by atoms with Crippen molar-refractivity contribution in [2.45, 2.75) is 18.9 Å². The zero-order chi connectivity index (χ0) is 18.8. The zero-order valence-corrected chi connectivity index (χ0v) is 13.4. The maximum Gasteiger partial charge on any atom is 0.254 e. The molecular weight excluding hydrogens is 352 g/mol. The molecule has 1 N–H and O–H groups in total. The minimum atomic E-state index is -1.69. The molecule has 1 saturated heterocycles. The summed E-state index contributed by atoms with van der Waals surface area (Å²) in [5, 5.41) is 2.18. The number of carbonyl (C=O) groups is 2. The lowest BCUT2D eigenvalue weighted by molar-refractivity contribution is -0.119. The highest BCUT2D eigenvalue weighted by Crippen LogP contribution is 2.24. The quantitative estimate of drug-likeness (QED) is 0.668. The van der Waals surface area contributed by atoms with Crippen molar-refractivity contribution in [3.05, 3.63) is 65.2 Å². The molecule has 2 aromatic carbocycles. The number of anilines is 1. The Kier molecular flexibility index (Phi) is 4.92. The van der Waals surface area contributed by atoms with Gasteiger partial charge in [-0.2, -0.15) is 0 Å². The van der Waals surface area contributed by atoms with E-state index in [1.807, 2.05) is 0 Å². The molecule has 1 aliphatic rings. The van der Waals surface area contributed by atoms with Crippen LogP contribution in [-0.2, 0) is 4.79 Å². The summed E-state index contributed by atoms with van der Waals surface area (Å²) in [6.07, 6.45) is 0.845. The van der Waals surface area contributed by atoms with Crippen molar-refractivity contribution in [2.24, 2.45) is 0 Å². The van der Waals surface area contributed by atoms with Gasteiger partial charge in [-0.25, -0.2) is 17.6 Å². The first-order valence-corrected chi connectivity index (χ1v) is 7.89. The monoisotopic (exact) mass is 366 g/mol. The van der Waals surface area contributed by atoms with E-state index in [-0.39, 0.29) is 12.1 Å². The molecule has 0 radical (unpaired) electrons. The predicted molar refractivity (Wildman–Crippen MR) is 85.4 cm³/mol. The highest BCUT2D eigenvalue weighted by molar-refractivity contribution is 6.01. The van der Waals surface area contributed by atoms with Gasteiger partial charge in [-0.3, -0.25) is 9.59 Å². The molecule has 1 aliphatic heterocycles. The molecule has 1 atom stereocenters. The van der Waals surface area contributed by atoms with Crippen molar-refractivity contribution in [1.82, 2.24) is 4.90 Å². The second-order valence-corrected chi connectivity index (χ2v) is 5.88. The lowest BCUT2D eigenvalue weighted by Gasteiger charge is -2.24. The smallest absolute Gasteiger partial charge is 0.254 e. The van der Waals surface area contributed by atoms with Crippen LogP contribution >= 0.6 is 0 Å². The van der Waals surface area contributed by atoms with Crippen LogP contribution in [0.1, 0.15) is 23.2 Å². The molecule has 0 bridgehead atoms. The summed E-state index contributed by atoms with van der Waals surface area (Å²) < 4.78 is 53.3. The molecule has 0 aromatic heterocycles. The number of carbonyl (C=O) groups excluding carboxylic acids is 2. The third kappa shape index (κ3) is 3.40. The average molecular weight is 366 g/mol. The molecule has 0 spiro atoms. The average Bonchev–Trinajstić information content (AvgIpc) is 3.11. The van der Waals surface area contributed by atoms with Crippen LogP contribution in [0.2, 0.25) is 0 Å². The van der Waals surface area contributed by atoms with Gasteiger partial charge in [-0.05, 0) is 43.2 Å². The highest BCUT2D eigenvalue weighted by atomic mass is 19.2. The number of hydrogen-bond donors (Lipinski definition) is 1. The van der Waals surface area contributed by atoms with E-state index in [9.17, 15) is 27.2 Å². The maximum absolute atomic E-state index is 13.7. The minimum absolute atomic E-state index is 0.0868. The van der Waals surface area contributed by atoms with E-state index in [1.165, 1.54) is 23.1 Å². The molecule has 4 nitrogen and oxygen atoms in total.